The number of hydrogen-bond donors (Lipinski definition) is 1. The lowest BCUT2D eigenvalue weighted by atomic mass is 10.1. The molecule has 2 aromatic rings. The molecule has 3 nitrogen and oxygen atoms in total. The molecule has 0 aliphatic carbocycles. The minimum Gasteiger partial charge on any atom is -0.390 e. The summed E-state index contributed by atoms with van der Waals surface area (Å²) in [4.78, 5) is 4.66. The van der Waals surface area contributed by atoms with Crippen LogP contribution in [0, 0.1) is 0 Å². The fraction of sp³-hybridized carbons (Fsp3) is 0.455. The molecule has 25 heavy (non-hydrogen) atoms. The molecule has 0 unspecified atom stereocenters. The van der Waals surface area contributed by atoms with E-state index < -0.39 is 0 Å². The maximum Gasteiger partial charge on any atom is 0.0819 e. The van der Waals surface area contributed by atoms with Gasteiger partial charge in [0.15, 0.2) is 0 Å². The summed E-state index contributed by atoms with van der Waals surface area (Å²) < 4.78 is 0. The second-order valence-corrected chi connectivity index (χ2v) is 6.67. The Bertz CT molecular complexity index is 542. The molecule has 3 heteroatoms. The molecule has 0 aromatic heterocycles. The first-order valence-electron chi connectivity index (χ1n) is 9.36. The van der Waals surface area contributed by atoms with Crippen LogP contribution in [0.15, 0.2) is 60.7 Å². The van der Waals surface area contributed by atoms with E-state index in [0.29, 0.717) is 6.54 Å². The summed E-state index contributed by atoms with van der Waals surface area (Å²) in [5.41, 5.74) is 2.56. The molecular weight excluding hydrogens is 308 g/mol. The smallest absolute Gasteiger partial charge is 0.0819 e. The quantitative estimate of drug-likeness (QED) is 0.713. The predicted molar refractivity (Wildman–Crippen MR) is 105 cm³/mol. The van der Waals surface area contributed by atoms with Crippen molar-refractivity contribution in [3.05, 3.63) is 71.8 Å². The maximum absolute atomic E-state index is 10.8. The van der Waals surface area contributed by atoms with Gasteiger partial charge < -0.3 is 10.0 Å². The summed E-state index contributed by atoms with van der Waals surface area (Å²) >= 11 is 0. The highest BCUT2D eigenvalue weighted by Gasteiger charge is 2.23. The summed E-state index contributed by atoms with van der Waals surface area (Å²) in [5, 5.41) is 10.8. The van der Waals surface area contributed by atoms with Gasteiger partial charge in [0.25, 0.3) is 0 Å². The third-order valence-electron chi connectivity index (χ3n) is 4.93. The second-order valence-electron chi connectivity index (χ2n) is 6.67. The summed E-state index contributed by atoms with van der Waals surface area (Å²) in [7, 11) is 0. The Morgan fingerprint density at radius 1 is 0.800 bits per heavy atom. The molecule has 0 saturated carbocycles. The van der Waals surface area contributed by atoms with Crippen LogP contribution >= 0.6 is 0 Å². The lowest BCUT2D eigenvalue weighted by Crippen LogP contribution is -2.46. The standard InChI is InChI=1S/C22H32N2O/c1-4-23(5-2)18-22(25)19(3)24(16-20-12-8-6-9-13-20)17-21-14-10-7-11-15-21/h6-15,19,22,25H,4-5,16-18H2,1-3H3/t19-,22-/m0/s1. The molecule has 2 aromatic carbocycles. The third-order valence-corrected chi connectivity index (χ3v) is 4.93. The molecule has 0 aliphatic rings. The van der Waals surface area contributed by atoms with E-state index in [2.05, 4.69) is 79.1 Å². The largest absolute Gasteiger partial charge is 0.390 e. The van der Waals surface area contributed by atoms with Gasteiger partial charge >= 0.3 is 0 Å². The highest BCUT2D eigenvalue weighted by atomic mass is 16.3. The zero-order valence-corrected chi connectivity index (χ0v) is 15.8. The molecule has 2 rings (SSSR count). The van der Waals surface area contributed by atoms with Crippen LogP contribution in [0.25, 0.3) is 0 Å². The molecule has 2 atom stereocenters. The first kappa shape index (κ1) is 19.6. The van der Waals surface area contributed by atoms with Crippen molar-refractivity contribution >= 4 is 0 Å². The summed E-state index contributed by atoms with van der Waals surface area (Å²) in [6.07, 6.45) is -0.368. The monoisotopic (exact) mass is 340 g/mol. The van der Waals surface area contributed by atoms with Gasteiger partial charge in [-0.1, -0.05) is 74.5 Å². The van der Waals surface area contributed by atoms with Crippen LogP contribution in [0.4, 0.5) is 0 Å². The molecule has 136 valence electrons. The van der Waals surface area contributed by atoms with Gasteiger partial charge in [0, 0.05) is 25.7 Å². The van der Waals surface area contributed by atoms with E-state index in [4.69, 9.17) is 0 Å². The molecule has 0 spiro atoms. The molecule has 0 saturated heterocycles. The van der Waals surface area contributed by atoms with E-state index in [9.17, 15) is 5.11 Å². The topological polar surface area (TPSA) is 26.7 Å². The van der Waals surface area contributed by atoms with Crippen LogP contribution in [0.5, 0.6) is 0 Å². The van der Waals surface area contributed by atoms with Gasteiger partial charge in [-0.15, -0.1) is 0 Å². The van der Waals surface area contributed by atoms with E-state index >= 15 is 0 Å². The lowest BCUT2D eigenvalue weighted by Gasteiger charge is -2.34. The van der Waals surface area contributed by atoms with E-state index in [0.717, 1.165) is 26.2 Å². The zero-order valence-electron chi connectivity index (χ0n) is 15.8. The SMILES string of the molecule is CCN(CC)C[C@H](O)[C@H](C)N(Cc1ccccc1)Cc1ccccc1. The summed E-state index contributed by atoms with van der Waals surface area (Å²) in [6.45, 7) is 10.8. The summed E-state index contributed by atoms with van der Waals surface area (Å²) in [5.74, 6) is 0. The first-order valence-corrected chi connectivity index (χ1v) is 9.36. The van der Waals surface area contributed by atoms with Crippen LogP contribution < -0.4 is 0 Å². The first-order chi connectivity index (χ1) is 12.1. The van der Waals surface area contributed by atoms with Crippen molar-refractivity contribution in [1.29, 1.82) is 0 Å². The number of nitrogens with zero attached hydrogens (tertiary/aromatic N) is 2. The Labute approximate surface area is 152 Å². The number of rotatable bonds is 10. The Morgan fingerprint density at radius 3 is 1.64 bits per heavy atom. The normalized spacial score (nSPS) is 14.0. The molecule has 0 bridgehead atoms. The fourth-order valence-corrected chi connectivity index (χ4v) is 3.12. The molecule has 0 fully saturated rings. The Kier molecular flexibility index (Phi) is 8.13. The Balaban J connectivity index is 2.11. The zero-order chi connectivity index (χ0) is 18.1. The van der Waals surface area contributed by atoms with Crippen molar-refractivity contribution in [3.63, 3.8) is 0 Å². The average Bonchev–Trinajstić information content (AvgIpc) is 2.66. The minimum atomic E-state index is -0.368. The van der Waals surface area contributed by atoms with Crippen molar-refractivity contribution < 1.29 is 5.11 Å². The molecule has 0 amide bonds. The number of likely N-dealkylation sites (N-methyl/N-ethyl adjacent to an activating group) is 1. The van der Waals surface area contributed by atoms with Crippen LogP contribution in [-0.4, -0.2) is 46.7 Å². The van der Waals surface area contributed by atoms with Gasteiger partial charge in [0.1, 0.15) is 0 Å². The van der Waals surface area contributed by atoms with Crippen LogP contribution in [0.1, 0.15) is 31.9 Å². The Morgan fingerprint density at radius 2 is 1.24 bits per heavy atom. The van der Waals surface area contributed by atoms with Gasteiger partial charge in [-0.05, 0) is 31.1 Å². The third kappa shape index (κ3) is 6.28. The predicted octanol–water partition coefficient (Wildman–Crippen LogP) is 3.78. The Hall–Kier alpha value is -1.68. The molecule has 1 N–H and O–H groups in total. The molecule has 0 aliphatic heterocycles. The van der Waals surface area contributed by atoms with Crippen molar-refractivity contribution in [2.75, 3.05) is 19.6 Å². The minimum absolute atomic E-state index is 0.0843. The highest BCUT2D eigenvalue weighted by Crippen LogP contribution is 2.16. The van der Waals surface area contributed by atoms with Crippen molar-refractivity contribution in [3.8, 4) is 0 Å². The van der Waals surface area contributed by atoms with Crippen molar-refractivity contribution in [1.82, 2.24) is 9.80 Å². The number of benzene rings is 2. The maximum atomic E-state index is 10.8. The summed E-state index contributed by atoms with van der Waals surface area (Å²) in [6, 6.07) is 21.1. The van der Waals surface area contributed by atoms with E-state index in [1.165, 1.54) is 11.1 Å². The van der Waals surface area contributed by atoms with E-state index in [1.807, 2.05) is 12.1 Å². The van der Waals surface area contributed by atoms with Crippen molar-refractivity contribution in [2.45, 2.75) is 46.0 Å². The molecule has 0 radical (unpaired) electrons. The van der Waals surface area contributed by atoms with Crippen LogP contribution in [0.3, 0.4) is 0 Å². The van der Waals surface area contributed by atoms with Gasteiger partial charge in [-0.3, -0.25) is 4.90 Å². The second kappa shape index (κ2) is 10.3. The average molecular weight is 341 g/mol. The van der Waals surface area contributed by atoms with Crippen LogP contribution in [-0.2, 0) is 13.1 Å². The molecule has 0 heterocycles. The van der Waals surface area contributed by atoms with E-state index in [-0.39, 0.29) is 12.1 Å². The van der Waals surface area contributed by atoms with E-state index in [1.54, 1.807) is 0 Å². The lowest BCUT2D eigenvalue weighted by molar-refractivity contribution is 0.0258. The highest BCUT2D eigenvalue weighted by molar-refractivity contribution is 5.17. The number of aliphatic hydroxyl groups excluding tert-OH is 1. The number of aliphatic hydroxyl groups is 1. The fourth-order valence-electron chi connectivity index (χ4n) is 3.12. The van der Waals surface area contributed by atoms with Gasteiger partial charge in [0.05, 0.1) is 6.10 Å². The van der Waals surface area contributed by atoms with Gasteiger partial charge in [-0.25, -0.2) is 0 Å². The van der Waals surface area contributed by atoms with Crippen molar-refractivity contribution in [2.24, 2.45) is 0 Å². The van der Waals surface area contributed by atoms with Crippen LogP contribution in [0.2, 0.25) is 0 Å². The van der Waals surface area contributed by atoms with Gasteiger partial charge in [0.2, 0.25) is 0 Å². The molecular formula is C22H32N2O. The number of hydrogen-bond acceptors (Lipinski definition) is 3. The van der Waals surface area contributed by atoms with Gasteiger partial charge in [-0.2, -0.15) is 0 Å².